The van der Waals surface area contributed by atoms with Crippen LogP contribution in [0.15, 0.2) is 53.1 Å². The number of hydrogen-bond donors (Lipinski definition) is 2. The van der Waals surface area contributed by atoms with E-state index in [0.717, 1.165) is 28.6 Å². The standard InChI is InChI=1S/C31H35N3O5S/c1-17-8-9-22(18(2)10-17)13-33-14-24(12-25(33)30(38)32-23-7-5-6-21(11-23)15-35)40-29-19(3)28-27(20(4)37)31(39)34(28)26(29)16-36/h5-11,15-16,19-20,24-25,27-28,37H,12-14H2,1-4H3,(H,32,38)/t19-,20-,24+,25+,27-,28-/m1/s1. The van der Waals surface area contributed by atoms with Gasteiger partial charge >= 0.3 is 0 Å². The van der Waals surface area contributed by atoms with Gasteiger partial charge in [-0.05, 0) is 50.5 Å². The summed E-state index contributed by atoms with van der Waals surface area (Å²) in [5, 5.41) is 13.2. The number of carbonyl (C=O) groups excluding carboxylic acids is 4. The average Bonchev–Trinajstić information content (AvgIpc) is 3.42. The number of nitrogens with zero attached hydrogens (tertiary/aromatic N) is 2. The lowest BCUT2D eigenvalue weighted by atomic mass is 9.79. The van der Waals surface area contributed by atoms with Gasteiger partial charge in [-0.1, -0.05) is 42.8 Å². The second-order valence-corrected chi connectivity index (χ2v) is 12.5. The van der Waals surface area contributed by atoms with Crippen molar-refractivity contribution < 1.29 is 24.3 Å². The van der Waals surface area contributed by atoms with Crippen molar-refractivity contribution in [2.45, 2.75) is 64.1 Å². The van der Waals surface area contributed by atoms with Crippen LogP contribution in [0.5, 0.6) is 0 Å². The van der Waals surface area contributed by atoms with Crippen LogP contribution in [-0.4, -0.2) is 69.3 Å². The third kappa shape index (κ3) is 5.13. The van der Waals surface area contributed by atoms with Gasteiger partial charge in [0.2, 0.25) is 11.8 Å². The quantitative estimate of drug-likeness (QED) is 0.355. The lowest BCUT2D eigenvalue weighted by molar-refractivity contribution is -0.160. The summed E-state index contributed by atoms with van der Waals surface area (Å²) in [5.74, 6) is -0.932. The highest BCUT2D eigenvalue weighted by atomic mass is 32.2. The van der Waals surface area contributed by atoms with Crippen molar-refractivity contribution in [2.24, 2.45) is 11.8 Å². The van der Waals surface area contributed by atoms with Crippen LogP contribution in [0.3, 0.4) is 0 Å². The molecular weight excluding hydrogens is 526 g/mol. The molecule has 8 nitrogen and oxygen atoms in total. The molecule has 2 N–H and O–H groups in total. The predicted molar refractivity (Wildman–Crippen MR) is 155 cm³/mol. The highest BCUT2D eigenvalue weighted by Gasteiger charge is 2.58. The minimum absolute atomic E-state index is 0.0222. The molecule has 3 heterocycles. The minimum Gasteiger partial charge on any atom is -0.393 e. The largest absolute Gasteiger partial charge is 0.393 e. The molecular formula is C31H35N3O5S. The number of likely N-dealkylation sites (tertiary alicyclic amines) is 1. The molecule has 210 valence electrons. The number of rotatable bonds is 9. The summed E-state index contributed by atoms with van der Waals surface area (Å²) in [6.45, 7) is 8.98. The third-order valence-electron chi connectivity index (χ3n) is 8.38. The molecule has 2 saturated heterocycles. The number of aliphatic hydroxyl groups is 1. The molecule has 40 heavy (non-hydrogen) atoms. The molecule has 0 aromatic heterocycles. The van der Waals surface area contributed by atoms with Crippen LogP contribution >= 0.6 is 11.8 Å². The van der Waals surface area contributed by atoms with Crippen LogP contribution in [0.2, 0.25) is 0 Å². The van der Waals surface area contributed by atoms with Crippen molar-refractivity contribution in [3.63, 3.8) is 0 Å². The zero-order valence-electron chi connectivity index (χ0n) is 23.2. The first-order chi connectivity index (χ1) is 19.1. The monoisotopic (exact) mass is 561 g/mol. The lowest BCUT2D eigenvalue weighted by Crippen LogP contribution is -2.63. The van der Waals surface area contributed by atoms with E-state index in [1.807, 2.05) is 6.92 Å². The SMILES string of the molecule is Cc1ccc(CN2C[C@@H](SC3=C(C=O)N4C(=O)[C@H]([C@@H](C)O)[C@H]4[C@H]3C)C[C@H]2C(=O)Nc2cccc(C=O)c2)c(C)c1. The van der Waals surface area contributed by atoms with Crippen molar-refractivity contribution in [1.82, 2.24) is 9.80 Å². The summed E-state index contributed by atoms with van der Waals surface area (Å²) in [6.07, 6.45) is 1.29. The van der Waals surface area contributed by atoms with Crippen LogP contribution in [-0.2, 0) is 20.9 Å². The number of β-lactam (4-membered cyclic amide) rings is 1. The normalized spacial score (nSPS) is 26.9. The molecule has 0 spiro atoms. The number of anilines is 1. The number of fused-ring (bicyclic) bond motifs is 1. The van der Waals surface area contributed by atoms with E-state index >= 15 is 0 Å². The first-order valence-corrected chi connectivity index (χ1v) is 14.5. The van der Waals surface area contributed by atoms with Gasteiger partial charge in [-0.2, -0.15) is 0 Å². The Bertz CT molecular complexity index is 1390. The van der Waals surface area contributed by atoms with Crippen molar-refractivity contribution in [1.29, 1.82) is 0 Å². The smallest absolute Gasteiger partial charge is 0.241 e. The van der Waals surface area contributed by atoms with Gasteiger partial charge < -0.3 is 15.3 Å². The minimum atomic E-state index is -0.779. The van der Waals surface area contributed by atoms with E-state index in [0.29, 0.717) is 36.5 Å². The van der Waals surface area contributed by atoms with Crippen LogP contribution in [0, 0.1) is 25.7 Å². The average molecular weight is 562 g/mol. The highest BCUT2D eigenvalue weighted by Crippen LogP contribution is 2.51. The fraction of sp³-hybridized carbons (Fsp3) is 0.419. The fourth-order valence-electron chi connectivity index (χ4n) is 6.36. The molecule has 0 radical (unpaired) electrons. The van der Waals surface area contributed by atoms with Crippen molar-refractivity contribution in [2.75, 3.05) is 11.9 Å². The number of aldehydes is 2. The zero-order valence-corrected chi connectivity index (χ0v) is 24.0. The highest BCUT2D eigenvalue weighted by molar-refractivity contribution is 8.03. The molecule has 0 bridgehead atoms. The van der Waals surface area contributed by atoms with Gasteiger partial charge in [0.05, 0.1) is 29.8 Å². The number of carbonyl (C=O) groups is 4. The zero-order chi connectivity index (χ0) is 28.7. The third-order valence-corrected chi connectivity index (χ3v) is 9.89. The fourth-order valence-corrected chi connectivity index (χ4v) is 7.88. The van der Waals surface area contributed by atoms with Gasteiger partial charge in [0, 0.05) is 40.4 Å². The number of aryl methyl sites for hydroxylation is 2. The predicted octanol–water partition coefficient (Wildman–Crippen LogP) is 3.70. The number of allylic oxidation sites excluding steroid dienone is 1. The number of benzene rings is 2. The molecule has 9 heteroatoms. The van der Waals surface area contributed by atoms with Gasteiger partial charge in [-0.25, -0.2) is 0 Å². The Kier molecular flexibility index (Phi) is 7.99. The molecule has 2 aromatic carbocycles. The first kappa shape index (κ1) is 28.3. The van der Waals surface area contributed by atoms with Gasteiger partial charge in [0.25, 0.3) is 0 Å². The Morgan fingerprint density at radius 3 is 2.62 bits per heavy atom. The lowest BCUT2D eigenvalue weighted by Gasteiger charge is -2.46. The Labute approximate surface area is 238 Å². The second kappa shape index (κ2) is 11.3. The van der Waals surface area contributed by atoms with Gasteiger partial charge in [-0.3, -0.25) is 24.1 Å². The van der Waals surface area contributed by atoms with E-state index < -0.39 is 18.1 Å². The maximum atomic E-state index is 13.6. The molecule has 2 aromatic rings. The Balaban J connectivity index is 1.39. The molecule has 2 fully saturated rings. The van der Waals surface area contributed by atoms with Crippen LogP contribution in [0.25, 0.3) is 0 Å². The maximum absolute atomic E-state index is 13.6. The summed E-state index contributed by atoms with van der Waals surface area (Å²) in [4.78, 5) is 54.3. The van der Waals surface area contributed by atoms with Gasteiger partial charge in [-0.15, -0.1) is 11.8 Å². The second-order valence-electron chi connectivity index (χ2n) is 11.2. The molecule has 6 atom stereocenters. The molecule has 5 rings (SSSR count). The summed E-state index contributed by atoms with van der Waals surface area (Å²) < 4.78 is 0. The number of amides is 2. The van der Waals surface area contributed by atoms with Crippen LogP contribution < -0.4 is 5.32 Å². The topological polar surface area (TPSA) is 107 Å². The Morgan fingerprint density at radius 1 is 1.18 bits per heavy atom. The number of nitrogens with one attached hydrogen (secondary N) is 1. The summed E-state index contributed by atoms with van der Waals surface area (Å²) >= 11 is 1.58. The van der Waals surface area contributed by atoms with Crippen molar-refractivity contribution >= 4 is 41.8 Å². The van der Waals surface area contributed by atoms with Gasteiger partial charge in [0.15, 0.2) is 6.29 Å². The number of thioether (sulfide) groups is 1. The van der Waals surface area contributed by atoms with E-state index in [1.54, 1.807) is 47.9 Å². The molecule has 3 aliphatic heterocycles. The van der Waals surface area contributed by atoms with E-state index in [1.165, 1.54) is 5.56 Å². The molecule has 0 unspecified atom stereocenters. The first-order valence-electron chi connectivity index (χ1n) is 13.7. The van der Waals surface area contributed by atoms with E-state index in [2.05, 4.69) is 42.3 Å². The van der Waals surface area contributed by atoms with Gasteiger partial charge in [0.1, 0.15) is 6.29 Å². The summed E-state index contributed by atoms with van der Waals surface area (Å²) in [7, 11) is 0. The Morgan fingerprint density at radius 2 is 1.95 bits per heavy atom. The maximum Gasteiger partial charge on any atom is 0.241 e. The number of aliphatic hydroxyl groups excluding tert-OH is 1. The summed E-state index contributed by atoms with van der Waals surface area (Å²) in [6, 6.07) is 12.5. The molecule has 0 saturated carbocycles. The van der Waals surface area contributed by atoms with E-state index in [-0.39, 0.29) is 29.0 Å². The van der Waals surface area contributed by atoms with Crippen LogP contribution in [0.1, 0.15) is 47.3 Å². The van der Waals surface area contributed by atoms with E-state index in [9.17, 15) is 24.3 Å². The van der Waals surface area contributed by atoms with Crippen molar-refractivity contribution in [3.05, 3.63) is 75.3 Å². The number of hydrogen-bond acceptors (Lipinski definition) is 7. The van der Waals surface area contributed by atoms with E-state index in [4.69, 9.17) is 0 Å². The molecule has 3 aliphatic rings. The summed E-state index contributed by atoms with van der Waals surface area (Å²) in [5.41, 5.74) is 4.94. The molecule has 2 amide bonds. The molecule has 0 aliphatic carbocycles. The Hall–Kier alpha value is -3.27. The van der Waals surface area contributed by atoms with Crippen LogP contribution in [0.4, 0.5) is 5.69 Å². The van der Waals surface area contributed by atoms with Crippen molar-refractivity contribution in [3.8, 4) is 0 Å².